The van der Waals surface area contributed by atoms with Gasteiger partial charge in [-0.05, 0) is 23.3 Å². The molecule has 1 saturated heterocycles. The van der Waals surface area contributed by atoms with Crippen LogP contribution in [0.4, 0.5) is 0 Å². The van der Waals surface area contributed by atoms with E-state index in [4.69, 9.17) is 11.6 Å². The molecule has 0 spiro atoms. The molecule has 0 radical (unpaired) electrons. The Morgan fingerprint density at radius 2 is 1.64 bits per heavy atom. The Hall–Kier alpha value is -2.10. The Balaban J connectivity index is 1.42. The summed E-state index contributed by atoms with van der Waals surface area (Å²) in [5.74, 6) is 0.196. The fourth-order valence-corrected chi connectivity index (χ4v) is 3.10. The van der Waals surface area contributed by atoms with Gasteiger partial charge in [-0.25, -0.2) is 0 Å². The van der Waals surface area contributed by atoms with Crippen molar-refractivity contribution in [3.63, 3.8) is 0 Å². The van der Waals surface area contributed by atoms with Crippen molar-refractivity contribution in [2.75, 3.05) is 32.7 Å². The van der Waals surface area contributed by atoms with Gasteiger partial charge in [0.15, 0.2) is 0 Å². The summed E-state index contributed by atoms with van der Waals surface area (Å²) in [6.07, 6.45) is 4.80. The fraction of sp³-hybridized carbons (Fsp3) is 0.286. The van der Waals surface area contributed by atoms with E-state index in [1.807, 2.05) is 47.4 Å². The molecule has 2 aromatic carbocycles. The maximum atomic E-state index is 12.4. The second-order valence-electron chi connectivity index (χ2n) is 6.30. The standard InChI is InChI=1S/C21H23ClN2O/c22-20-10-8-19(9-11-20)17-21(25)24-15-13-23(14-16-24)12-4-7-18-5-2-1-3-6-18/h1-11H,12-17H2. The molecule has 25 heavy (non-hydrogen) atoms. The normalized spacial score (nSPS) is 15.6. The molecule has 1 aliphatic rings. The maximum Gasteiger partial charge on any atom is 0.227 e. The van der Waals surface area contributed by atoms with Gasteiger partial charge in [0.1, 0.15) is 0 Å². The van der Waals surface area contributed by atoms with Gasteiger partial charge in [0.2, 0.25) is 5.91 Å². The van der Waals surface area contributed by atoms with E-state index < -0.39 is 0 Å². The first-order valence-corrected chi connectivity index (χ1v) is 9.05. The highest BCUT2D eigenvalue weighted by Crippen LogP contribution is 2.12. The van der Waals surface area contributed by atoms with Crippen LogP contribution in [0.2, 0.25) is 5.02 Å². The molecule has 0 N–H and O–H groups in total. The summed E-state index contributed by atoms with van der Waals surface area (Å²) in [6.45, 7) is 4.36. The van der Waals surface area contributed by atoms with Gasteiger partial charge < -0.3 is 4.90 Å². The molecule has 0 bridgehead atoms. The number of carbonyl (C=O) groups excluding carboxylic acids is 1. The molecule has 0 saturated carbocycles. The van der Waals surface area contributed by atoms with Gasteiger partial charge in [-0.3, -0.25) is 9.69 Å². The van der Waals surface area contributed by atoms with Crippen LogP contribution >= 0.6 is 11.6 Å². The number of amides is 1. The lowest BCUT2D eigenvalue weighted by molar-refractivity contribution is -0.132. The second kappa shape index (κ2) is 8.84. The van der Waals surface area contributed by atoms with Crippen LogP contribution in [0.15, 0.2) is 60.7 Å². The third-order valence-corrected chi connectivity index (χ3v) is 4.72. The van der Waals surface area contributed by atoms with Gasteiger partial charge in [0.25, 0.3) is 0 Å². The molecule has 1 fully saturated rings. The smallest absolute Gasteiger partial charge is 0.227 e. The van der Waals surface area contributed by atoms with Crippen LogP contribution in [0, 0.1) is 0 Å². The van der Waals surface area contributed by atoms with Crippen LogP contribution in [0.5, 0.6) is 0 Å². The van der Waals surface area contributed by atoms with Crippen molar-refractivity contribution < 1.29 is 4.79 Å². The minimum Gasteiger partial charge on any atom is -0.340 e. The van der Waals surface area contributed by atoms with Crippen LogP contribution in [-0.2, 0) is 11.2 Å². The highest BCUT2D eigenvalue weighted by atomic mass is 35.5. The lowest BCUT2D eigenvalue weighted by Crippen LogP contribution is -2.49. The first-order valence-electron chi connectivity index (χ1n) is 8.67. The summed E-state index contributed by atoms with van der Waals surface area (Å²) < 4.78 is 0. The van der Waals surface area contributed by atoms with Crippen molar-refractivity contribution >= 4 is 23.6 Å². The monoisotopic (exact) mass is 354 g/mol. The number of hydrogen-bond acceptors (Lipinski definition) is 2. The average molecular weight is 355 g/mol. The van der Waals surface area contributed by atoms with Gasteiger partial charge in [0.05, 0.1) is 6.42 Å². The first kappa shape index (κ1) is 17.7. The number of hydrogen-bond donors (Lipinski definition) is 0. The van der Waals surface area contributed by atoms with E-state index >= 15 is 0 Å². The molecule has 0 unspecified atom stereocenters. The van der Waals surface area contributed by atoms with Gasteiger partial charge in [-0.15, -0.1) is 0 Å². The molecule has 130 valence electrons. The topological polar surface area (TPSA) is 23.6 Å². The largest absolute Gasteiger partial charge is 0.340 e. The van der Waals surface area contributed by atoms with Crippen LogP contribution in [0.3, 0.4) is 0 Å². The summed E-state index contributed by atoms with van der Waals surface area (Å²) in [4.78, 5) is 16.8. The molecular weight excluding hydrogens is 332 g/mol. The van der Waals surface area contributed by atoms with Gasteiger partial charge in [0, 0.05) is 37.7 Å². The molecule has 1 amide bonds. The average Bonchev–Trinajstić information content (AvgIpc) is 2.65. The molecule has 0 atom stereocenters. The molecule has 2 aromatic rings. The lowest BCUT2D eigenvalue weighted by atomic mass is 10.1. The zero-order valence-electron chi connectivity index (χ0n) is 14.3. The van der Waals surface area contributed by atoms with Gasteiger partial charge in [-0.1, -0.05) is 66.2 Å². The van der Waals surface area contributed by atoms with Crippen molar-refractivity contribution in [1.29, 1.82) is 0 Å². The summed E-state index contributed by atoms with van der Waals surface area (Å²) in [7, 11) is 0. The van der Waals surface area contributed by atoms with E-state index in [0.717, 1.165) is 38.3 Å². The van der Waals surface area contributed by atoms with Gasteiger partial charge in [-0.2, -0.15) is 0 Å². The van der Waals surface area contributed by atoms with Crippen molar-refractivity contribution in [2.24, 2.45) is 0 Å². The molecule has 4 heteroatoms. The third kappa shape index (κ3) is 5.45. The van der Waals surface area contributed by atoms with E-state index in [9.17, 15) is 4.79 Å². The molecule has 0 aromatic heterocycles. The SMILES string of the molecule is O=C(Cc1ccc(Cl)cc1)N1CCN(CC=Cc2ccccc2)CC1. The van der Waals surface area contributed by atoms with Crippen LogP contribution in [0.25, 0.3) is 6.08 Å². The molecule has 3 rings (SSSR count). The zero-order valence-corrected chi connectivity index (χ0v) is 15.0. The number of halogens is 1. The van der Waals surface area contributed by atoms with Crippen LogP contribution < -0.4 is 0 Å². The van der Waals surface area contributed by atoms with E-state index in [1.165, 1.54) is 5.56 Å². The van der Waals surface area contributed by atoms with E-state index in [2.05, 4.69) is 29.2 Å². The predicted molar refractivity (Wildman–Crippen MR) is 104 cm³/mol. The highest BCUT2D eigenvalue weighted by Gasteiger charge is 2.20. The summed E-state index contributed by atoms with van der Waals surface area (Å²) in [6, 6.07) is 17.8. The first-order chi connectivity index (χ1) is 12.2. The minimum absolute atomic E-state index is 0.196. The van der Waals surface area contributed by atoms with E-state index in [1.54, 1.807) is 0 Å². The Kier molecular flexibility index (Phi) is 6.26. The molecular formula is C21H23ClN2O. The molecule has 1 heterocycles. The molecule has 0 aliphatic carbocycles. The minimum atomic E-state index is 0.196. The lowest BCUT2D eigenvalue weighted by Gasteiger charge is -2.34. The number of benzene rings is 2. The summed E-state index contributed by atoms with van der Waals surface area (Å²) in [5, 5.41) is 0.702. The Morgan fingerprint density at radius 3 is 2.32 bits per heavy atom. The highest BCUT2D eigenvalue weighted by molar-refractivity contribution is 6.30. The molecule has 1 aliphatic heterocycles. The fourth-order valence-electron chi connectivity index (χ4n) is 2.97. The predicted octanol–water partition coefficient (Wildman–Crippen LogP) is 3.74. The zero-order chi connectivity index (χ0) is 17.5. The second-order valence-corrected chi connectivity index (χ2v) is 6.73. The number of rotatable bonds is 5. The number of carbonyl (C=O) groups is 1. The maximum absolute atomic E-state index is 12.4. The Morgan fingerprint density at radius 1 is 0.960 bits per heavy atom. The Bertz CT molecular complexity index is 704. The summed E-state index contributed by atoms with van der Waals surface area (Å²) in [5.41, 5.74) is 2.24. The molecule has 3 nitrogen and oxygen atoms in total. The van der Waals surface area contributed by atoms with Crippen molar-refractivity contribution in [3.8, 4) is 0 Å². The van der Waals surface area contributed by atoms with Crippen LogP contribution in [0.1, 0.15) is 11.1 Å². The van der Waals surface area contributed by atoms with Crippen molar-refractivity contribution in [1.82, 2.24) is 9.80 Å². The quantitative estimate of drug-likeness (QED) is 0.816. The van der Waals surface area contributed by atoms with Crippen molar-refractivity contribution in [3.05, 3.63) is 76.8 Å². The Labute approximate surface area is 154 Å². The van der Waals surface area contributed by atoms with E-state index in [0.29, 0.717) is 11.4 Å². The van der Waals surface area contributed by atoms with E-state index in [-0.39, 0.29) is 5.91 Å². The van der Waals surface area contributed by atoms with Crippen molar-refractivity contribution in [2.45, 2.75) is 6.42 Å². The third-order valence-electron chi connectivity index (χ3n) is 4.47. The van der Waals surface area contributed by atoms with Gasteiger partial charge >= 0.3 is 0 Å². The van der Waals surface area contributed by atoms with Crippen LogP contribution in [-0.4, -0.2) is 48.4 Å². The summed E-state index contributed by atoms with van der Waals surface area (Å²) >= 11 is 5.89. The number of piperazine rings is 1. The number of nitrogens with zero attached hydrogens (tertiary/aromatic N) is 2.